The van der Waals surface area contributed by atoms with Crippen molar-refractivity contribution in [3.8, 4) is 54.3 Å². The molecule has 0 atom stereocenters. The summed E-state index contributed by atoms with van der Waals surface area (Å²) in [5, 5.41) is 4.36. The molecular formula is C32H22S2. The minimum atomic E-state index is 1.23. The summed E-state index contributed by atoms with van der Waals surface area (Å²) in [6, 6.07) is 43.6. The topological polar surface area (TPSA) is 0 Å². The van der Waals surface area contributed by atoms with E-state index in [0.717, 1.165) is 0 Å². The molecule has 0 fully saturated rings. The normalized spacial score (nSPS) is 10.9. The van der Waals surface area contributed by atoms with Gasteiger partial charge < -0.3 is 0 Å². The maximum absolute atomic E-state index is 2.40. The second kappa shape index (κ2) is 9.26. The average molecular weight is 471 g/mol. The fourth-order valence-electron chi connectivity index (χ4n) is 4.62. The van der Waals surface area contributed by atoms with Crippen LogP contribution in [0.15, 0.2) is 132 Å². The van der Waals surface area contributed by atoms with Crippen LogP contribution in [0.3, 0.4) is 0 Å². The fraction of sp³-hybridized carbons (Fsp3) is 0. The summed E-state index contributed by atoms with van der Waals surface area (Å²) in [5.74, 6) is 0. The Hall–Kier alpha value is -3.72. The predicted molar refractivity (Wildman–Crippen MR) is 149 cm³/mol. The van der Waals surface area contributed by atoms with Crippen LogP contribution in [0.2, 0.25) is 0 Å². The number of benzene rings is 4. The molecule has 0 nitrogen and oxygen atoms in total. The molecule has 0 N–H and O–H groups in total. The molecule has 6 aromatic rings. The Morgan fingerprint density at radius 3 is 1.26 bits per heavy atom. The van der Waals surface area contributed by atoms with E-state index >= 15 is 0 Å². The molecular weight excluding hydrogens is 448 g/mol. The van der Waals surface area contributed by atoms with Gasteiger partial charge in [0.25, 0.3) is 0 Å². The summed E-state index contributed by atoms with van der Waals surface area (Å²) in [5.41, 5.74) is 10.1. The molecule has 6 rings (SSSR count). The lowest BCUT2D eigenvalue weighted by molar-refractivity contribution is 1.56. The monoisotopic (exact) mass is 470 g/mol. The SMILES string of the molecule is c1ccc(-c2cc(-c3ccccc3)c(-c3cccs3)c(-c3cccs3)c2-c2ccccc2)cc1. The number of thiophene rings is 2. The van der Waals surface area contributed by atoms with E-state index in [2.05, 4.69) is 132 Å². The Bertz CT molecular complexity index is 1500. The first-order valence-corrected chi connectivity index (χ1v) is 13.1. The van der Waals surface area contributed by atoms with E-state index < -0.39 is 0 Å². The van der Waals surface area contributed by atoms with Crippen LogP contribution < -0.4 is 0 Å². The fourth-order valence-corrected chi connectivity index (χ4v) is 6.20. The molecule has 0 amide bonds. The second-order valence-corrected chi connectivity index (χ2v) is 10.0. The van der Waals surface area contributed by atoms with Crippen molar-refractivity contribution < 1.29 is 0 Å². The van der Waals surface area contributed by atoms with Gasteiger partial charge in [0.05, 0.1) is 0 Å². The highest BCUT2D eigenvalue weighted by molar-refractivity contribution is 7.14. The Morgan fingerprint density at radius 1 is 0.353 bits per heavy atom. The third-order valence-electron chi connectivity index (χ3n) is 6.09. The van der Waals surface area contributed by atoms with Crippen molar-refractivity contribution >= 4 is 22.7 Å². The zero-order chi connectivity index (χ0) is 22.7. The molecule has 0 spiro atoms. The van der Waals surface area contributed by atoms with Gasteiger partial charge in [0.2, 0.25) is 0 Å². The smallest absolute Gasteiger partial charge is 0.0355 e. The van der Waals surface area contributed by atoms with E-state index in [1.807, 2.05) is 11.3 Å². The van der Waals surface area contributed by atoms with E-state index in [4.69, 9.17) is 0 Å². The molecule has 34 heavy (non-hydrogen) atoms. The van der Waals surface area contributed by atoms with E-state index in [1.54, 1.807) is 11.3 Å². The molecule has 2 heteroatoms. The van der Waals surface area contributed by atoms with E-state index in [-0.39, 0.29) is 0 Å². The van der Waals surface area contributed by atoms with Gasteiger partial charge in [-0.2, -0.15) is 0 Å². The molecule has 2 heterocycles. The van der Waals surface area contributed by atoms with Gasteiger partial charge in [-0.25, -0.2) is 0 Å². The lowest BCUT2D eigenvalue weighted by Gasteiger charge is -2.23. The zero-order valence-electron chi connectivity index (χ0n) is 18.5. The summed E-state index contributed by atoms with van der Waals surface area (Å²) in [7, 11) is 0. The summed E-state index contributed by atoms with van der Waals surface area (Å²) >= 11 is 3.62. The van der Waals surface area contributed by atoms with Crippen molar-refractivity contribution in [3.63, 3.8) is 0 Å². The van der Waals surface area contributed by atoms with Crippen LogP contribution in [0.5, 0.6) is 0 Å². The van der Waals surface area contributed by atoms with Crippen molar-refractivity contribution in [2.75, 3.05) is 0 Å². The summed E-state index contributed by atoms with van der Waals surface area (Å²) < 4.78 is 0. The largest absolute Gasteiger partial charge is 0.144 e. The van der Waals surface area contributed by atoms with Gasteiger partial charge in [0.1, 0.15) is 0 Å². The number of rotatable bonds is 5. The van der Waals surface area contributed by atoms with E-state index in [9.17, 15) is 0 Å². The van der Waals surface area contributed by atoms with Gasteiger partial charge in [0, 0.05) is 20.9 Å². The van der Waals surface area contributed by atoms with Crippen LogP contribution in [0.1, 0.15) is 0 Å². The third-order valence-corrected chi connectivity index (χ3v) is 7.87. The molecule has 0 bridgehead atoms. The molecule has 0 unspecified atom stereocenters. The first-order valence-electron chi connectivity index (χ1n) is 11.3. The van der Waals surface area contributed by atoms with Gasteiger partial charge in [-0.3, -0.25) is 0 Å². The number of hydrogen-bond donors (Lipinski definition) is 0. The van der Waals surface area contributed by atoms with Crippen molar-refractivity contribution in [3.05, 3.63) is 132 Å². The summed E-state index contributed by atoms with van der Waals surface area (Å²) in [4.78, 5) is 2.58. The van der Waals surface area contributed by atoms with Gasteiger partial charge in [0.15, 0.2) is 0 Å². The molecule has 0 aliphatic heterocycles. The van der Waals surface area contributed by atoms with Crippen LogP contribution in [0, 0.1) is 0 Å². The van der Waals surface area contributed by atoms with E-state index in [0.29, 0.717) is 0 Å². The minimum absolute atomic E-state index is 1.23. The highest BCUT2D eigenvalue weighted by Gasteiger charge is 2.24. The molecule has 4 aromatic carbocycles. The highest BCUT2D eigenvalue weighted by Crippen LogP contribution is 2.51. The Morgan fingerprint density at radius 2 is 0.794 bits per heavy atom. The molecule has 0 saturated heterocycles. The molecule has 0 saturated carbocycles. The summed E-state index contributed by atoms with van der Waals surface area (Å²) in [6.45, 7) is 0. The van der Waals surface area contributed by atoms with Gasteiger partial charge in [-0.05, 0) is 62.3 Å². The predicted octanol–water partition coefficient (Wildman–Crippen LogP) is 10.1. The molecule has 0 aliphatic rings. The van der Waals surface area contributed by atoms with E-state index in [1.165, 1.54) is 54.3 Å². The van der Waals surface area contributed by atoms with Crippen molar-refractivity contribution in [1.29, 1.82) is 0 Å². The highest BCUT2D eigenvalue weighted by atomic mass is 32.1. The van der Waals surface area contributed by atoms with Crippen LogP contribution in [0.25, 0.3) is 54.3 Å². The van der Waals surface area contributed by atoms with Crippen LogP contribution in [0.4, 0.5) is 0 Å². The second-order valence-electron chi connectivity index (χ2n) is 8.15. The van der Waals surface area contributed by atoms with Crippen LogP contribution >= 0.6 is 22.7 Å². The maximum Gasteiger partial charge on any atom is 0.0355 e. The quantitative estimate of drug-likeness (QED) is 0.235. The standard InChI is InChI=1S/C32H22S2/c1-4-12-23(13-5-1)26-22-27(24-14-6-2-7-15-24)31(28-18-10-20-33-28)32(29-19-11-21-34-29)30(26)25-16-8-3-9-17-25/h1-22H. The Kier molecular flexibility index (Phi) is 5.68. The van der Waals surface area contributed by atoms with Crippen LogP contribution in [-0.4, -0.2) is 0 Å². The Labute approximate surface area is 208 Å². The Balaban J connectivity index is 1.83. The first kappa shape index (κ1) is 20.9. The van der Waals surface area contributed by atoms with Crippen molar-refractivity contribution in [2.24, 2.45) is 0 Å². The lowest BCUT2D eigenvalue weighted by atomic mass is 9.82. The molecule has 2 aromatic heterocycles. The molecule has 0 aliphatic carbocycles. The van der Waals surface area contributed by atoms with Crippen LogP contribution in [-0.2, 0) is 0 Å². The zero-order valence-corrected chi connectivity index (χ0v) is 20.2. The number of hydrogen-bond acceptors (Lipinski definition) is 2. The molecule has 0 radical (unpaired) electrons. The average Bonchev–Trinajstić information content (AvgIpc) is 3.64. The van der Waals surface area contributed by atoms with Gasteiger partial charge in [-0.15, -0.1) is 22.7 Å². The maximum atomic E-state index is 2.40. The van der Waals surface area contributed by atoms with Gasteiger partial charge in [-0.1, -0.05) is 103 Å². The van der Waals surface area contributed by atoms with Gasteiger partial charge >= 0.3 is 0 Å². The van der Waals surface area contributed by atoms with Crippen molar-refractivity contribution in [2.45, 2.75) is 0 Å². The lowest BCUT2D eigenvalue weighted by Crippen LogP contribution is -1.96. The molecule has 162 valence electrons. The summed E-state index contributed by atoms with van der Waals surface area (Å²) in [6.07, 6.45) is 0. The van der Waals surface area contributed by atoms with Crippen molar-refractivity contribution in [1.82, 2.24) is 0 Å². The third kappa shape index (κ3) is 3.81. The first-order chi connectivity index (χ1) is 16.9. The minimum Gasteiger partial charge on any atom is -0.144 e.